The number of thioether (sulfide) groups is 1. The van der Waals surface area contributed by atoms with E-state index in [0.717, 1.165) is 25.5 Å². The summed E-state index contributed by atoms with van der Waals surface area (Å²) >= 11 is 1.93. The molecule has 0 saturated carbocycles. The van der Waals surface area contributed by atoms with Crippen molar-refractivity contribution in [3.8, 4) is 5.75 Å². The lowest BCUT2D eigenvalue weighted by Gasteiger charge is -2.42. The Kier molecular flexibility index (Phi) is 7.24. The summed E-state index contributed by atoms with van der Waals surface area (Å²) in [5.74, 6) is 1.90. The van der Waals surface area contributed by atoms with Gasteiger partial charge in [-0.2, -0.15) is 0 Å². The summed E-state index contributed by atoms with van der Waals surface area (Å²) in [5.41, 5.74) is 2.58. The Morgan fingerprint density at radius 2 is 1.77 bits per heavy atom. The number of fused-ring (bicyclic) bond motifs is 1. The number of anilines is 1. The Bertz CT molecular complexity index is 805. The summed E-state index contributed by atoms with van der Waals surface area (Å²) < 4.78 is 6.15. The number of likely N-dealkylation sites (tertiary alicyclic amines) is 1. The standard InChI is InChI=1S/C25H34N2O2S/c1-19(2)16-29-17-21(26-13-5-6-14-26)15-27-23-7-3-4-8-25(23)30-18-24(27)20-9-11-22(28)12-10-20/h3-4,7-12,19,21,24,28H,5-6,13-18H2,1-2H3. The number of phenolic OH excluding ortho intramolecular Hbond substituents is 1. The van der Waals surface area contributed by atoms with Crippen LogP contribution in [-0.4, -0.2) is 54.6 Å². The van der Waals surface area contributed by atoms with E-state index >= 15 is 0 Å². The first-order valence-corrected chi connectivity index (χ1v) is 12.2. The van der Waals surface area contributed by atoms with Gasteiger partial charge in [0.15, 0.2) is 0 Å². The first-order chi connectivity index (χ1) is 14.6. The number of hydrogen-bond donors (Lipinski definition) is 1. The van der Waals surface area contributed by atoms with Gasteiger partial charge in [0, 0.05) is 23.8 Å². The molecule has 0 aromatic heterocycles. The van der Waals surface area contributed by atoms with Crippen molar-refractivity contribution >= 4 is 17.4 Å². The average Bonchev–Trinajstić information content (AvgIpc) is 3.28. The van der Waals surface area contributed by atoms with Gasteiger partial charge >= 0.3 is 0 Å². The fraction of sp³-hybridized carbons (Fsp3) is 0.520. The summed E-state index contributed by atoms with van der Waals surface area (Å²) in [7, 11) is 0. The fourth-order valence-corrected chi connectivity index (χ4v) is 5.71. The van der Waals surface area contributed by atoms with Gasteiger partial charge in [-0.05, 0) is 61.7 Å². The van der Waals surface area contributed by atoms with Crippen molar-refractivity contribution in [1.82, 2.24) is 4.90 Å². The number of aromatic hydroxyl groups is 1. The second-order valence-corrected chi connectivity index (χ2v) is 9.93. The first kappa shape index (κ1) is 21.5. The van der Waals surface area contributed by atoms with Gasteiger partial charge in [-0.25, -0.2) is 0 Å². The number of phenols is 1. The molecule has 0 amide bonds. The lowest BCUT2D eigenvalue weighted by molar-refractivity contribution is 0.0563. The lowest BCUT2D eigenvalue weighted by atomic mass is 10.0. The molecule has 2 aromatic carbocycles. The van der Waals surface area contributed by atoms with Crippen LogP contribution in [0.25, 0.3) is 0 Å². The van der Waals surface area contributed by atoms with Crippen LogP contribution < -0.4 is 4.90 Å². The minimum atomic E-state index is 0.292. The van der Waals surface area contributed by atoms with Crippen LogP contribution in [0.4, 0.5) is 5.69 Å². The molecular formula is C25H34N2O2S. The van der Waals surface area contributed by atoms with Crippen molar-refractivity contribution in [2.45, 2.75) is 43.7 Å². The van der Waals surface area contributed by atoms with Gasteiger partial charge in [0.05, 0.1) is 24.4 Å². The molecule has 30 heavy (non-hydrogen) atoms. The Balaban J connectivity index is 1.60. The molecule has 162 valence electrons. The summed E-state index contributed by atoms with van der Waals surface area (Å²) in [6.07, 6.45) is 2.57. The summed E-state index contributed by atoms with van der Waals surface area (Å²) in [4.78, 5) is 6.56. The zero-order chi connectivity index (χ0) is 20.9. The van der Waals surface area contributed by atoms with E-state index in [1.165, 1.54) is 42.1 Å². The zero-order valence-corrected chi connectivity index (χ0v) is 19.0. The first-order valence-electron chi connectivity index (χ1n) is 11.2. The predicted molar refractivity (Wildman–Crippen MR) is 126 cm³/mol. The smallest absolute Gasteiger partial charge is 0.115 e. The molecule has 1 fully saturated rings. The van der Waals surface area contributed by atoms with Crippen molar-refractivity contribution in [1.29, 1.82) is 0 Å². The minimum absolute atomic E-state index is 0.292. The summed E-state index contributed by atoms with van der Waals surface area (Å²) in [6, 6.07) is 17.2. The lowest BCUT2D eigenvalue weighted by Crippen LogP contribution is -2.48. The van der Waals surface area contributed by atoms with Crippen LogP contribution in [0, 0.1) is 5.92 Å². The summed E-state index contributed by atoms with van der Waals surface area (Å²) in [5, 5.41) is 9.77. The molecule has 2 unspecified atom stereocenters. The van der Waals surface area contributed by atoms with E-state index in [1.807, 2.05) is 23.9 Å². The van der Waals surface area contributed by atoms with Crippen LogP contribution >= 0.6 is 11.8 Å². The highest BCUT2D eigenvalue weighted by molar-refractivity contribution is 7.99. The molecule has 1 saturated heterocycles. The highest BCUT2D eigenvalue weighted by atomic mass is 32.2. The Hall–Kier alpha value is -1.69. The van der Waals surface area contributed by atoms with Crippen LogP contribution in [0.1, 0.15) is 38.3 Å². The van der Waals surface area contributed by atoms with E-state index in [2.05, 4.69) is 60.0 Å². The van der Waals surface area contributed by atoms with Crippen LogP contribution in [0.15, 0.2) is 53.4 Å². The molecule has 2 aliphatic rings. The van der Waals surface area contributed by atoms with E-state index in [-0.39, 0.29) is 0 Å². The molecule has 5 heteroatoms. The van der Waals surface area contributed by atoms with Gasteiger partial charge in [0.2, 0.25) is 0 Å². The van der Waals surface area contributed by atoms with Crippen molar-refractivity contribution in [2.75, 3.05) is 43.5 Å². The van der Waals surface area contributed by atoms with Crippen molar-refractivity contribution in [2.24, 2.45) is 5.92 Å². The number of rotatable bonds is 8. The number of nitrogens with zero attached hydrogens (tertiary/aromatic N) is 2. The third kappa shape index (κ3) is 5.13. The molecule has 0 aliphatic carbocycles. The van der Waals surface area contributed by atoms with E-state index in [1.54, 1.807) is 0 Å². The number of hydrogen-bond acceptors (Lipinski definition) is 5. The molecule has 0 radical (unpaired) electrons. The SMILES string of the molecule is CC(C)COCC(CN1c2ccccc2SCC1c1ccc(O)cc1)N1CCCC1. The van der Waals surface area contributed by atoms with Gasteiger partial charge in [0.1, 0.15) is 5.75 Å². The Labute approximate surface area is 185 Å². The van der Waals surface area contributed by atoms with E-state index < -0.39 is 0 Å². The second-order valence-electron chi connectivity index (χ2n) is 8.87. The van der Waals surface area contributed by atoms with Gasteiger partial charge in [-0.3, -0.25) is 4.90 Å². The maximum absolute atomic E-state index is 9.77. The third-order valence-corrected chi connectivity index (χ3v) is 7.19. The quantitative estimate of drug-likeness (QED) is 0.629. The zero-order valence-electron chi connectivity index (χ0n) is 18.2. The van der Waals surface area contributed by atoms with Crippen molar-refractivity contribution in [3.63, 3.8) is 0 Å². The third-order valence-electron chi connectivity index (χ3n) is 6.05. The second kappa shape index (κ2) is 10.1. The topological polar surface area (TPSA) is 35.9 Å². The maximum atomic E-state index is 9.77. The van der Waals surface area contributed by atoms with E-state index in [4.69, 9.17) is 4.74 Å². The number of benzene rings is 2. The van der Waals surface area contributed by atoms with Gasteiger partial charge in [0.25, 0.3) is 0 Å². The molecule has 2 aliphatic heterocycles. The van der Waals surface area contributed by atoms with Crippen LogP contribution in [-0.2, 0) is 4.74 Å². The van der Waals surface area contributed by atoms with Crippen molar-refractivity contribution in [3.05, 3.63) is 54.1 Å². The number of ether oxygens (including phenoxy) is 1. The van der Waals surface area contributed by atoms with Crippen LogP contribution in [0.2, 0.25) is 0 Å². The molecule has 4 nitrogen and oxygen atoms in total. The van der Waals surface area contributed by atoms with E-state index in [0.29, 0.717) is 23.8 Å². The normalized spacial score (nSPS) is 20.5. The van der Waals surface area contributed by atoms with Crippen LogP contribution in [0.5, 0.6) is 5.75 Å². The minimum Gasteiger partial charge on any atom is -0.508 e. The van der Waals surface area contributed by atoms with E-state index in [9.17, 15) is 5.11 Å². The average molecular weight is 427 g/mol. The Morgan fingerprint density at radius 3 is 2.50 bits per heavy atom. The largest absolute Gasteiger partial charge is 0.508 e. The molecule has 2 atom stereocenters. The monoisotopic (exact) mass is 426 g/mol. The van der Waals surface area contributed by atoms with Gasteiger partial charge < -0.3 is 14.7 Å². The number of para-hydroxylation sites is 1. The molecule has 1 N–H and O–H groups in total. The molecular weight excluding hydrogens is 392 g/mol. The molecule has 0 bridgehead atoms. The highest BCUT2D eigenvalue weighted by Crippen LogP contribution is 2.43. The van der Waals surface area contributed by atoms with Crippen LogP contribution in [0.3, 0.4) is 0 Å². The highest BCUT2D eigenvalue weighted by Gasteiger charge is 2.32. The Morgan fingerprint density at radius 1 is 1.03 bits per heavy atom. The molecule has 2 heterocycles. The summed E-state index contributed by atoms with van der Waals surface area (Å²) in [6.45, 7) is 9.33. The predicted octanol–water partition coefficient (Wildman–Crippen LogP) is 5.18. The fourth-order valence-electron chi connectivity index (χ4n) is 4.49. The van der Waals surface area contributed by atoms with Gasteiger partial charge in [-0.15, -0.1) is 11.8 Å². The maximum Gasteiger partial charge on any atom is 0.115 e. The molecule has 4 rings (SSSR count). The van der Waals surface area contributed by atoms with Crippen molar-refractivity contribution < 1.29 is 9.84 Å². The molecule has 0 spiro atoms. The molecule has 2 aromatic rings. The van der Waals surface area contributed by atoms with Gasteiger partial charge in [-0.1, -0.05) is 38.1 Å².